The predicted molar refractivity (Wildman–Crippen MR) is 115 cm³/mol. The summed E-state index contributed by atoms with van der Waals surface area (Å²) >= 11 is 3.75. The average Bonchev–Trinajstić information content (AvgIpc) is 3.06. The van der Waals surface area contributed by atoms with Gasteiger partial charge in [-0.3, -0.25) is 4.99 Å². The molecule has 0 spiro atoms. The van der Waals surface area contributed by atoms with Crippen molar-refractivity contribution in [2.75, 3.05) is 23.4 Å². The van der Waals surface area contributed by atoms with E-state index in [4.69, 9.17) is 4.99 Å². The van der Waals surface area contributed by atoms with Gasteiger partial charge in [0.1, 0.15) is 5.82 Å². The number of aryl methyl sites for hydroxylation is 3. The summed E-state index contributed by atoms with van der Waals surface area (Å²) in [6.07, 6.45) is 0.973. The zero-order valence-corrected chi connectivity index (χ0v) is 17.1. The third-order valence-electron chi connectivity index (χ3n) is 4.46. The molecule has 0 bridgehead atoms. The van der Waals surface area contributed by atoms with Crippen LogP contribution >= 0.6 is 23.5 Å². The Morgan fingerprint density at radius 3 is 2.81 bits per heavy atom. The van der Waals surface area contributed by atoms with E-state index in [-0.39, 0.29) is 5.82 Å². The predicted octanol–water partition coefficient (Wildman–Crippen LogP) is 5.86. The number of nitrogens with one attached hydrogen (secondary N) is 1. The van der Waals surface area contributed by atoms with Crippen LogP contribution < -0.4 is 5.32 Å². The van der Waals surface area contributed by atoms with Crippen molar-refractivity contribution in [3.63, 3.8) is 0 Å². The molecule has 0 aliphatic carbocycles. The van der Waals surface area contributed by atoms with Gasteiger partial charge in [0.05, 0.1) is 11.1 Å². The van der Waals surface area contributed by atoms with Crippen molar-refractivity contribution in [1.29, 1.82) is 0 Å². The van der Waals surface area contributed by atoms with E-state index in [9.17, 15) is 4.39 Å². The van der Waals surface area contributed by atoms with Crippen LogP contribution in [0.5, 0.6) is 0 Å². The zero-order valence-electron chi connectivity index (χ0n) is 15.5. The molecule has 0 radical (unpaired) electrons. The molecule has 26 heavy (non-hydrogen) atoms. The fourth-order valence-corrected chi connectivity index (χ4v) is 5.14. The quantitative estimate of drug-likeness (QED) is 0.601. The van der Waals surface area contributed by atoms with Crippen LogP contribution in [0.1, 0.15) is 23.1 Å². The smallest absolute Gasteiger partial charge is 0.125 e. The maximum absolute atomic E-state index is 13.3. The lowest BCUT2D eigenvalue weighted by Crippen LogP contribution is -2.12. The lowest BCUT2D eigenvalue weighted by Gasteiger charge is -2.11. The fourth-order valence-electron chi connectivity index (χ4n) is 2.86. The molecule has 1 N–H and O–H groups in total. The van der Waals surface area contributed by atoms with Gasteiger partial charge in [-0.15, -0.1) is 23.5 Å². The first-order valence-corrected chi connectivity index (χ1v) is 10.9. The van der Waals surface area contributed by atoms with Crippen LogP contribution in [0, 0.1) is 26.6 Å². The standard InChI is InChI=1S/C21H25FN2S2/c1-14-4-5-16(3)20(10-14)25-13-21-24-18(12-26-21)8-9-23-19-11-17(22)7-6-15(19)2/h4-7,10-11,18,23H,8-9,12-13H2,1-3H3. The molecule has 0 saturated heterocycles. The van der Waals surface area contributed by atoms with Gasteiger partial charge in [0.2, 0.25) is 0 Å². The van der Waals surface area contributed by atoms with Gasteiger partial charge in [0, 0.05) is 28.6 Å². The number of hydrogen-bond donors (Lipinski definition) is 1. The number of anilines is 1. The Bertz CT molecular complexity index is 805. The molecule has 5 heteroatoms. The molecule has 2 aromatic carbocycles. The average molecular weight is 389 g/mol. The maximum atomic E-state index is 13.3. The summed E-state index contributed by atoms with van der Waals surface area (Å²) in [6, 6.07) is 11.8. The van der Waals surface area contributed by atoms with Gasteiger partial charge < -0.3 is 5.32 Å². The Morgan fingerprint density at radius 1 is 1.15 bits per heavy atom. The number of nitrogens with zero attached hydrogens (tertiary/aromatic N) is 1. The molecular weight excluding hydrogens is 363 g/mol. The second-order valence-electron chi connectivity index (χ2n) is 6.72. The van der Waals surface area contributed by atoms with Gasteiger partial charge in [-0.2, -0.15) is 0 Å². The van der Waals surface area contributed by atoms with Gasteiger partial charge in [0.25, 0.3) is 0 Å². The van der Waals surface area contributed by atoms with Gasteiger partial charge in [-0.25, -0.2) is 4.39 Å². The summed E-state index contributed by atoms with van der Waals surface area (Å²) in [4.78, 5) is 6.22. The summed E-state index contributed by atoms with van der Waals surface area (Å²) < 4.78 is 13.3. The summed E-state index contributed by atoms with van der Waals surface area (Å²) in [5, 5.41) is 4.58. The molecule has 3 rings (SSSR count). The molecule has 1 heterocycles. The van der Waals surface area contributed by atoms with Gasteiger partial charge in [0.15, 0.2) is 0 Å². The minimum Gasteiger partial charge on any atom is -0.385 e. The minimum absolute atomic E-state index is 0.196. The lowest BCUT2D eigenvalue weighted by atomic mass is 10.2. The van der Waals surface area contributed by atoms with Crippen LogP contribution in [-0.2, 0) is 0 Å². The first-order valence-electron chi connectivity index (χ1n) is 8.91. The summed E-state index contributed by atoms with van der Waals surface area (Å²) in [5.41, 5.74) is 4.58. The van der Waals surface area contributed by atoms with Gasteiger partial charge >= 0.3 is 0 Å². The van der Waals surface area contributed by atoms with E-state index in [0.717, 1.165) is 35.7 Å². The first-order chi connectivity index (χ1) is 12.5. The normalized spacial score (nSPS) is 16.6. The molecule has 0 amide bonds. The van der Waals surface area contributed by atoms with Crippen molar-refractivity contribution in [3.05, 3.63) is 58.9 Å². The number of hydrogen-bond acceptors (Lipinski definition) is 4. The number of halogens is 1. The second-order valence-corrected chi connectivity index (χ2v) is 8.83. The van der Waals surface area contributed by atoms with Crippen LogP contribution in [0.15, 0.2) is 46.3 Å². The Morgan fingerprint density at radius 2 is 1.96 bits per heavy atom. The number of thioether (sulfide) groups is 2. The molecule has 2 aromatic rings. The lowest BCUT2D eigenvalue weighted by molar-refractivity contribution is 0.627. The van der Waals surface area contributed by atoms with Crippen LogP contribution in [0.3, 0.4) is 0 Å². The first kappa shape index (κ1) is 19.3. The molecule has 1 aliphatic rings. The zero-order chi connectivity index (χ0) is 18.5. The number of rotatable bonds is 7. The number of aliphatic imine (C=N–C) groups is 1. The van der Waals surface area contributed by atoms with Crippen molar-refractivity contribution >= 4 is 34.3 Å². The highest BCUT2D eigenvalue weighted by atomic mass is 32.2. The van der Waals surface area contributed by atoms with E-state index < -0.39 is 0 Å². The SMILES string of the molecule is Cc1ccc(C)c(SCC2=NC(CCNc3cc(F)ccc3C)CS2)c1. The summed E-state index contributed by atoms with van der Waals surface area (Å²) in [5.74, 6) is 1.80. The molecular formula is C21H25FN2S2. The van der Waals surface area contributed by atoms with Gasteiger partial charge in [-0.1, -0.05) is 23.8 Å². The van der Waals surface area contributed by atoms with E-state index in [2.05, 4.69) is 37.4 Å². The monoisotopic (exact) mass is 388 g/mol. The highest BCUT2D eigenvalue weighted by molar-refractivity contribution is 8.16. The molecule has 0 aromatic heterocycles. The van der Waals surface area contributed by atoms with Crippen LogP contribution in [0.4, 0.5) is 10.1 Å². The molecule has 2 nitrogen and oxygen atoms in total. The topological polar surface area (TPSA) is 24.4 Å². The Balaban J connectivity index is 1.47. The molecule has 1 unspecified atom stereocenters. The van der Waals surface area contributed by atoms with E-state index >= 15 is 0 Å². The van der Waals surface area contributed by atoms with Crippen molar-refractivity contribution in [2.24, 2.45) is 4.99 Å². The Hall–Kier alpha value is -1.46. The van der Waals surface area contributed by atoms with E-state index in [1.165, 1.54) is 27.1 Å². The molecule has 1 atom stereocenters. The fraction of sp³-hybridized carbons (Fsp3) is 0.381. The van der Waals surface area contributed by atoms with Gasteiger partial charge in [-0.05, 0) is 56.5 Å². The van der Waals surface area contributed by atoms with E-state index in [0.29, 0.717) is 6.04 Å². The van der Waals surface area contributed by atoms with Crippen molar-refractivity contribution in [1.82, 2.24) is 0 Å². The highest BCUT2D eigenvalue weighted by Gasteiger charge is 2.18. The highest BCUT2D eigenvalue weighted by Crippen LogP contribution is 2.29. The Kier molecular flexibility index (Phi) is 6.65. The number of benzene rings is 2. The summed E-state index contributed by atoms with van der Waals surface area (Å²) in [7, 11) is 0. The Labute approximate surface area is 164 Å². The maximum Gasteiger partial charge on any atom is 0.125 e. The largest absolute Gasteiger partial charge is 0.385 e. The van der Waals surface area contributed by atoms with Crippen molar-refractivity contribution in [2.45, 2.75) is 38.1 Å². The van der Waals surface area contributed by atoms with Crippen LogP contribution in [0.25, 0.3) is 0 Å². The molecule has 138 valence electrons. The van der Waals surface area contributed by atoms with Crippen molar-refractivity contribution < 1.29 is 4.39 Å². The molecule has 1 aliphatic heterocycles. The third-order valence-corrected chi connectivity index (χ3v) is 6.94. The van der Waals surface area contributed by atoms with Crippen LogP contribution in [0.2, 0.25) is 0 Å². The minimum atomic E-state index is -0.196. The molecule has 0 saturated carbocycles. The molecule has 0 fully saturated rings. The van der Waals surface area contributed by atoms with Crippen molar-refractivity contribution in [3.8, 4) is 0 Å². The third kappa shape index (κ3) is 5.27. The van der Waals surface area contributed by atoms with E-state index in [1.807, 2.05) is 36.5 Å². The summed E-state index contributed by atoms with van der Waals surface area (Å²) in [6.45, 7) is 7.10. The van der Waals surface area contributed by atoms with E-state index in [1.54, 1.807) is 6.07 Å². The van der Waals surface area contributed by atoms with Crippen LogP contribution in [-0.4, -0.2) is 29.1 Å². The second kappa shape index (κ2) is 8.96.